The van der Waals surface area contributed by atoms with E-state index in [0.717, 1.165) is 17.1 Å². The molecule has 2 aromatic heterocycles. The third-order valence-corrected chi connectivity index (χ3v) is 3.52. The van der Waals surface area contributed by atoms with Gasteiger partial charge in [-0.25, -0.2) is 14.5 Å². The van der Waals surface area contributed by atoms with Crippen molar-refractivity contribution >= 4 is 23.4 Å². The Labute approximate surface area is 115 Å². The second-order valence-electron chi connectivity index (χ2n) is 3.77. The maximum Gasteiger partial charge on any atom is 0.330 e. The second kappa shape index (κ2) is 6.29. The van der Waals surface area contributed by atoms with E-state index in [2.05, 4.69) is 17.0 Å². The Morgan fingerprint density at radius 1 is 1.47 bits per heavy atom. The number of carbonyl (C=O) groups is 1. The molecule has 0 saturated heterocycles. The second-order valence-corrected chi connectivity index (χ2v) is 4.86. The van der Waals surface area contributed by atoms with Crippen LogP contribution in [-0.4, -0.2) is 27.3 Å². The molecule has 0 aliphatic carbocycles. The molecular weight excluding hydrogens is 262 g/mol. The van der Waals surface area contributed by atoms with Gasteiger partial charge in [-0.1, -0.05) is 18.3 Å². The van der Waals surface area contributed by atoms with Gasteiger partial charge in [0.1, 0.15) is 0 Å². The Kier molecular flexibility index (Phi) is 4.46. The lowest BCUT2D eigenvalue weighted by molar-refractivity contribution is -0.137. The van der Waals surface area contributed by atoms with Crippen molar-refractivity contribution < 1.29 is 9.53 Å². The van der Waals surface area contributed by atoms with Crippen LogP contribution in [-0.2, 0) is 16.0 Å². The monoisotopic (exact) mass is 277 g/mol. The van der Waals surface area contributed by atoms with Gasteiger partial charge in [0.15, 0.2) is 0 Å². The van der Waals surface area contributed by atoms with E-state index in [4.69, 9.17) is 4.74 Å². The van der Waals surface area contributed by atoms with E-state index in [1.165, 1.54) is 11.0 Å². The molecule has 0 unspecified atom stereocenters. The topological polar surface area (TPSA) is 57.0 Å². The fraction of sp³-hybridized carbons (Fsp3) is 0.308. The van der Waals surface area contributed by atoms with Gasteiger partial charge in [-0.3, -0.25) is 0 Å². The van der Waals surface area contributed by atoms with E-state index < -0.39 is 0 Å². The molecule has 0 saturated carbocycles. The summed E-state index contributed by atoms with van der Waals surface area (Å²) in [6.07, 6.45) is 9.40. The number of esters is 1. The lowest BCUT2D eigenvalue weighted by atomic mass is 10.3. The molecular formula is C13H15N3O2S. The van der Waals surface area contributed by atoms with Crippen LogP contribution in [0.25, 0.3) is 11.2 Å². The molecule has 0 N–H and O–H groups in total. The number of nitrogens with zero attached hydrogens (tertiary/aromatic N) is 3. The van der Waals surface area contributed by atoms with E-state index >= 15 is 0 Å². The SMILES string of the molecule is CCOC(=O)/C=C/c1cnn(-c2ncc(CC)s2)c1. The van der Waals surface area contributed by atoms with Gasteiger partial charge >= 0.3 is 5.97 Å². The van der Waals surface area contributed by atoms with Crippen LogP contribution in [0.15, 0.2) is 24.7 Å². The summed E-state index contributed by atoms with van der Waals surface area (Å²) in [5.74, 6) is -0.349. The van der Waals surface area contributed by atoms with Crippen LogP contribution in [0.3, 0.4) is 0 Å². The van der Waals surface area contributed by atoms with Crippen LogP contribution >= 0.6 is 11.3 Å². The number of ether oxygens (including phenoxy) is 1. The van der Waals surface area contributed by atoms with Crippen molar-refractivity contribution in [2.75, 3.05) is 6.61 Å². The molecule has 0 aliphatic heterocycles. The van der Waals surface area contributed by atoms with Gasteiger partial charge in [-0.15, -0.1) is 0 Å². The normalized spacial score (nSPS) is 11.1. The number of hydrogen-bond donors (Lipinski definition) is 0. The molecule has 100 valence electrons. The summed E-state index contributed by atoms with van der Waals surface area (Å²) >= 11 is 1.61. The molecule has 0 bridgehead atoms. The first-order valence-electron chi connectivity index (χ1n) is 6.07. The Morgan fingerprint density at radius 3 is 3.00 bits per heavy atom. The first-order chi connectivity index (χ1) is 9.22. The van der Waals surface area contributed by atoms with Crippen molar-refractivity contribution in [1.29, 1.82) is 0 Å². The summed E-state index contributed by atoms with van der Waals surface area (Å²) in [5.41, 5.74) is 0.835. The van der Waals surface area contributed by atoms with Crippen molar-refractivity contribution in [3.63, 3.8) is 0 Å². The summed E-state index contributed by atoms with van der Waals surface area (Å²) in [7, 11) is 0. The third kappa shape index (κ3) is 3.51. The number of thiazole rings is 1. The minimum atomic E-state index is -0.349. The lowest BCUT2D eigenvalue weighted by Crippen LogP contribution is -1.98. The van der Waals surface area contributed by atoms with Crippen LogP contribution < -0.4 is 0 Å². The van der Waals surface area contributed by atoms with Crippen LogP contribution in [0.1, 0.15) is 24.3 Å². The first-order valence-corrected chi connectivity index (χ1v) is 6.89. The highest BCUT2D eigenvalue weighted by Gasteiger charge is 2.04. The number of rotatable bonds is 5. The Bertz CT molecular complexity index is 586. The fourth-order valence-corrected chi connectivity index (χ4v) is 2.23. The molecule has 0 radical (unpaired) electrons. The number of aromatic nitrogens is 3. The lowest BCUT2D eigenvalue weighted by Gasteiger charge is -1.93. The molecule has 0 spiro atoms. The number of hydrogen-bond acceptors (Lipinski definition) is 5. The van der Waals surface area contributed by atoms with Gasteiger partial charge in [0.25, 0.3) is 0 Å². The smallest absolute Gasteiger partial charge is 0.330 e. The predicted octanol–water partition coefficient (Wildman–Crippen LogP) is 2.47. The van der Waals surface area contributed by atoms with Crippen LogP contribution in [0.5, 0.6) is 0 Å². The maximum atomic E-state index is 11.2. The van der Waals surface area contributed by atoms with Crippen molar-refractivity contribution in [2.24, 2.45) is 0 Å². The molecule has 6 heteroatoms. The zero-order valence-electron chi connectivity index (χ0n) is 10.9. The van der Waals surface area contributed by atoms with Crippen LogP contribution in [0, 0.1) is 0 Å². The fourth-order valence-electron chi connectivity index (χ4n) is 1.45. The third-order valence-electron chi connectivity index (χ3n) is 2.39. The van der Waals surface area contributed by atoms with E-state index in [9.17, 15) is 4.79 Å². The molecule has 2 aromatic rings. The molecule has 0 aliphatic rings. The van der Waals surface area contributed by atoms with Crippen molar-refractivity contribution in [3.8, 4) is 5.13 Å². The molecule has 19 heavy (non-hydrogen) atoms. The van der Waals surface area contributed by atoms with Crippen molar-refractivity contribution in [3.05, 3.63) is 35.1 Å². The standard InChI is InChI=1S/C13H15N3O2S/c1-3-11-8-14-13(19-11)16-9-10(7-15-16)5-6-12(17)18-4-2/h5-9H,3-4H2,1-2H3/b6-5+. The van der Waals surface area contributed by atoms with Gasteiger partial charge in [-0.2, -0.15) is 5.10 Å². The van der Waals surface area contributed by atoms with Gasteiger partial charge in [0.05, 0.1) is 12.8 Å². The van der Waals surface area contributed by atoms with Crippen molar-refractivity contribution in [2.45, 2.75) is 20.3 Å². The van der Waals surface area contributed by atoms with Crippen LogP contribution in [0.4, 0.5) is 0 Å². The zero-order valence-corrected chi connectivity index (χ0v) is 11.7. The predicted molar refractivity (Wildman–Crippen MR) is 74.3 cm³/mol. The highest BCUT2D eigenvalue weighted by molar-refractivity contribution is 7.14. The quantitative estimate of drug-likeness (QED) is 0.622. The highest BCUT2D eigenvalue weighted by Crippen LogP contribution is 2.17. The van der Waals surface area contributed by atoms with Gasteiger partial charge < -0.3 is 4.74 Å². The first kappa shape index (κ1) is 13.5. The summed E-state index contributed by atoms with van der Waals surface area (Å²) in [4.78, 5) is 16.7. The minimum Gasteiger partial charge on any atom is -0.463 e. The van der Waals surface area contributed by atoms with E-state index in [1.807, 2.05) is 12.4 Å². The maximum absolute atomic E-state index is 11.2. The summed E-state index contributed by atoms with van der Waals surface area (Å²) < 4.78 is 6.51. The average molecular weight is 277 g/mol. The number of carbonyl (C=O) groups excluding carboxylic acids is 1. The molecule has 2 rings (SSSR count). The molecule has 0 aromatic carbocycles. The summed E-state index contributed by atoms with van der Waals surface area (Å²) in [5, 5.41) is 5.05. The molecule has 0 atom stereocenters. The Balaban J connectivity index is 2.08. The van der Waals surface area contributed by atoms with E-state index in [-0.39, 0.29) is 5.97 Å². The molecule has 5 nitrogen and oxygen atoms in total. The van der Waals surface area contributed by atoms with E-state index in [1.54, 1.807) is 35.2 Å². The molecule has 0 amide bonds. The van der Waals surface area contributed by atoms with Crippen LogP contribution in [0.2, 0.25) is 0 Å². The van der Waals surface area contributed by atoms with Gasteiger partial charge in [-0.05, 0) is 19.4 Å². The zero-order chi connectivity index (χ0) is 13.7. The Hall–Kier alpha value is -1.95. The molecule has 0 fully saturated rings. The number of aryl methyl sites for hydroxylation is 1. The average Bonchev–Trinajstić information content (AvgIpc) is 3.05. The largest absolute Gasteiger partial charge is 0.463 e. The Morgan fingerprint density at radius 2 is 2.32 bits per heavy atom. The van der Waals surface area contributed by atoms with Gasteiger partial charge in [0, 0.05) is 28.9 Å². The van der Waals surface area contributed by atoms with E-state index in [0.29, 0.717) is 6.61 Å². The summed E-state index contributed by atoms with van der Waals surface area (Å²) in [6, 6.07) is 0. The minimum absolute atomic E-state index is 0.349. The van der Waals surface area contributed by atoms with Gasteiger partial charge in [0.2, 0.25) is 5.13 Å². The highest BCUT2D eigenvalue weighted by atomic mass is 32.1. The molecule has 2 heterocycles. The van der Waals surface area contributed by atoms with Crippen molar-refractivity contribution in [1.82, 2.24) is 14.8 Å². The summed E-state index contributed by atoms with van der Waals surface area (Å²) in [6.45, 7) is 4.24.